The van der Waals surface area contributed by atoms with Gasteiger partial charge < -0.3 is 14.8 Å². The van der Waals surface area contributed by atoms with Crippen molar-refractivity contribution >= 4 is 27.5 Å². The fraction of sp³-hybridized carbons (Fsp3) is 0.500. The van der Waals surface area contributed by atoms with Crippen LogP contribution in [0.5, 0.6) is 0 Å². The molecule has 1 saturated heterocycles. The number of rotatable bonds is 2. The van der Waals surface area contributed by atoms with Crippen LogP contribution in [0.2, 0.25) is 0 Å². The first-order chi connectivity index (χ1) is 10.8. The number of nitrogens with one attached hydrogen (secondary N) is 1. The first-order valence-corrected chi connectivity index (χ1v) is 8.55. The number of carbonyl (C=O) groups excluding carboxylic acids is 1. The predicted octanol–water partition coefficient (Wildman–Crippen LogP) is 2.36. The molecule has 6 heteroatoms. The van der Waals surface area contributed by atoms with Crippen LogP contribution in [0.15, 0.2) is 23.7 Å². The Morgan fingerprint density at radius 2 is 2.09 bits per heavy atom. The van der Waals surface area contributed by atoms with Gasteiger partial charge in [0.15, 0.2) is 0 Å². The van der Waals surface area contributed by atoms with Gasteiger partial charge in [0, 0.05) is 11.6 Å². The highest BCUT2D eigenvalue weighted by atomic mass is 32.1. The molecule has 1 aromatic heterocycles. The summed E-state index contributed by atoms with van der Waals surface area (Å²) in [5.74, 6) is -0.0181. The summed E-state index contributed by atoms with van der Waals surface area (Å²) in [7, 11) is 0. The molecule has 2 heterocycles. The summed E-state index contributed by atoms with van der Waals surface area (Å²) >= 11 is 1.55. The van der Waals surface area contributed by atoms with Gasteiger partial charge >= 0.3 is 0 Å². The fourth-order valence-corrected chi connectivity index (χ4v) is 3.98. The second-order valence-electron chi connectivity index (χ2n) is 5.84. The molecule has 1 aliphatic carbocycles. The third-order valence-corrected chi connectivity index (χ3v) is 5.20. The maximum atomic E-state index is 12.4. The first-order valence-electron chi connectivity index (χ1n) is 7.67. The van der Waals surface area contributed by atoms with Crippen molar-refractivity contribution in [1.82, 2.24) is 10.3 Å². The summed E-state index contributed by atoms with van der Waals surface area (Å²) in [6.45, 7) is 1.34. The Bertz CT molecular complexity index is 687. The lowest BCUT2D eigenvalue weighted by Gasteiger charge is -2.39. The van der Waals surface area contributed by atoms with Crippen molar-refractivity contribution in [3.63, 3.8) is 0 Å². The van der Waals surface area contributed by atoms with Gasteiger partial charge in [-0.05, 0) is 37.5 Å². The van der Waals surface area contributed by atoms with E-state index in [4.69, 9.17) is 9.47 Å². The lowest BCUT2D eigenvalue weighted by Crippen LogP contribution is -2.49. The van der Waals surface area contributed by atoms with E-state index < -0.39 is 0 Å². The molecule has 0 unspecified atom stereocenters. The summed E-state index contributed by atoms with van der Waals surface area (Å²) < 4.78 is 12.5. The third kappa shape index (κ3) is 2.74. The van der Waals surface area contributed by atoms with Gasteiger partial charge in [0.05, 0.1) is 41.1 Å². The van der Waals surface area contributed by atoms with Crippen LogP contribution in [-0.2, 0) is 9.47 Å². The van der Waals surface area contributed by atoms with Crippen molar-refractivity contribution in [2.24, 2.45) is 0 Å². The van der Waals surface area contributed by atoms with E-state index >= 15 is 0 Å². The summed E-state index contributed by atoms with van der Waals surface area (Å²) in [6, 6.07) is 5.81. The number of aromatic nitrogens is 1. The van der Waals surface area contributed by atoms with E-state index in [1.807, 2.05) is 18.2 Å². The second-order valence-corrected chi connectivity index (χ2v) is 6.72. The highest BCUT2D eigenvalue weighted by Gasteiger charge is 2.34. The molecule has 4 rings (SSSR count). The van der Waals surface area contributed by atoms with Gasteiger partial charge in [-0.1, -0.05) is 0 Å². The number of benzene rings is 1. The number of ether oxygens (including phenoxy) is 2. The van der Waals surface area contributed by atoms with Crippen LogP contribution in [0, 0.1) is 0 Å². The molecule has 116 valence electrons. The number of fused-ring (bicyclic) bond motifs is 2. The lowest BCUT2D eigenvalue weighted by molar-refractivity contribution is -0.157. The zero-order chi connectivity index (χ0) is 14.9. The van der Waals surface area contributed by atoms with E-state index in [-0.39, 0.29) is 24.2 Å². The van der Waals surface area contributed by atoms with Crippen LogP contribution in [-0.4, -0.2) is 42.4 Å². The van der Waals surface area contributed by atoms with Crippen molar-refractivity contribution in [3.8, 4) is 0 Å². The van der Waals surface area contributed by atoms with Crippen LogP contribution in [0.25, 0.3) is 10.2 Å². The molecule has 0 bridgehead atoms. The number of hydrogen-bond acceptors (Lipinski definition) is 5. The molecule has 3 atom stereocenters. The molecule has 1 aliphatic heterocycles. The van der Waals surface area contributed by atoms with E-state index in [1.165, 1.54) is 0 Å². The zero-order valence-electron chi connectivity index (χ0n) is 12.2. The topological polar surface area (TPSA) is 60.5 Å². The highest BCUT2D eigenvalue weighted by molar-refractivity contribution is 7.16. The van der Waals surface area contributed by atoms with Crippen LogP contribution in [0.3, 0.4) is 0 Å². The number of carbonyl (C=O) groups is 1. The Balaban J connectivity index is 1.43. The van der Waals surface area contributed by atoms with Gasteiger partial charge in [-0.2, -0.15) is 0 Å². The molecular formula is C16H18N2O3S. The molecule has 2 aromatic rings. The van der Waals surface area contributed by atoms with E-state index in [1.54, 1.807) is 16.8 Å². The third-order valence-electron chi connectivity index (χ3n) is 4.41. The zero-order valence-corrected chi connectivity index (χ0v) is 13.0. The average molecular weight is 318 g/mol. The summed E-state index contributed by atoms with van der Waals surface area (Å²) in [4.78, 5) is 16.7. The molecule has 1 aromatic carbocycles. The Labute approximate surface area is 132 Å². The number of nitrogens with zero attached hydrogens (tertiary/aromatic N) is 1. The molecule has 5 nitrogen and oxygen atoms in total. The molecule has 1 N–H and O–H groups in total. The van der Waals surface area contributed by atoms with Gasteiger partial charge in [-0.3, -0.25) is 4.79 Å². The van der Waals surface area contributed by atoms with Crippen LogP contribution in [0.4, 0.5) is 0 Å². The Kier molecular flexibility index (Phi) is 3.82. The van der Waals surface area contributed by atoms with E-state index in [0.717, 1.165) is 29.5 Å². The van der Waals surface area contributed by atoms with Crippen LogP contribution < -0.4 is 5.32 Å². The molecule has 22 heavy (non-hydrogen) atoms. The molecule has 0 spiro atoms. The van der Waals surface area contributed by atoms with E-state index in [2.05, 4.69) is 10.3 Å². The Morgan fingerprint density at radius 3 is 3.00 bits per heavy atom. The minimum Gasteiger partial charge on any atom is -0.373 e. The van der Waals surface area contributed by atoms with Crippen molar-refractivity contribution < 1.29 is 14.3 Å². The molecule has 2 aliphatic rings. The normalized spacial score (nSPS) is 28.3. The molecule has 2 fully saturated rings. The maximum absolute atomic E-state index is 12.4. The van der Waals surface area contributed by atoms with E-state index in [9.17, 15) is 4.79 Å². The van der Waals surface area contributed by atoms with Gasteiger partial charge in [0.25, 0.3) is 5.91 Å². The lowest BCUT2D eigenvalue weighted by atomic mass is 9.89. The monoisotopic (exact) mass is 318 g/mol. The number of hydrogen-bond donors (Lipinski definition) is 1. The van der Waals surface area contributed by atoms with Gasteiger partial charge in [-0.15, -0.1) is 11.3 Å². The van der Waals surface area contributed by atoms with Crippen LogP contribution in [0.1, 0.15) is 29.6 Å². The largest absolute Gasteiger partial charge is 0.373 e. The average Bonchev–Trinajstić information content (AvgIpc) is 3.02. The predicted molar refractivity (Wildman–Crippen MR) is 84.2 cm³/mol. The molecular weight excluding hydrogens is 300 g/mol. The Morgan fingerprint density at radius 1 is 1.23 bits per heavy atom. The molecule has 0 radical (unpaired) electrons. The second kappa shape index (κ2) is 5.95. The first kappa shape index (κ1) is 14.1. The van der Waals surface area contributed by atoms with Crippen molar-refractivity contribution in [2.75, 3.05) is 13.2 Å². The number of amides is 1. The smallest absolute Gasteiger partial charge is 0.251 e. The summed E-state index contributed by atoms with van der Waals surface area (Å²) in [5, 5.41) is 3.13. The van der Waals surface area contributed by atoms with Crippen molar-refractivity contribution in [3.05, 3.63) is 29.3 Å². The minimum absolute atomic E-state index is 0.0181. The van der Waals surface area contributed by atoms with Gasteiger partial charge in [-0.25, -0.2) is 4.98 Å². The van der Waals surface area contributed by atoms with Crippen molar-refractivity contribution in [2.45, 2.75) is 37.5 Å². The van der Waals surface area contributed by atoms with E-state index in [0.29, 0.717) is 18.8 Å². The fourth-order valence-electron chi connectivity index (χ4n) is 3.26. The van der Waals surface area contributed by atoms with Gasteiger partial charge in [0.2, 0.25) is 0 Å². The van der Waals surface area contributed by atoms with Crippen LogP contribution >= 0.6 is 11.3 Å². The molecule has 1 amide bonds. The van der Waals surface area contributed by atoms with Gasteiger partial charge in [0.1, 0.15) is 0 Å². The summed E-state index contributed by atoms with van der Waals surface area (Å²) in [5.41, 5.74) is 3.43. The summed E-state index contributed by atoms with van der Waals surface area (Å²) in [6.07, 6.45) is 3.05. The molecule has 1 saturated carbocycles. The maximum Gasteiger partial charge on any atom is 0.251 e. The van der Waals surface area contributed by atoms with Crippen molar-refractivity contribution in [1.29, 1.82) is 0 Å². The standard InChI is InChI=1S/C16H18N2O3S/c19-16(10-1-3-12-15(7-10)22-9-17-12)18-11-2-4-13-14(8-11)21-6-5-20-13/h1,3,7,9,11,13-14H,2,4-6,8H2,(H,18,19)/t11-,13-,14+/m1/s1. The quantitative estimate of drug-likeness (QED) is 0.923. The highest BCUT2D eigenvalue weighted by Crippen LogP contribution is 2.27. The Hall–Kier alpha value is -1.50. The number of thiazole rings is 1. The SMILES string of the molecule is O=C(N[C@@H]1CC[C@H]2OCCO[C@H]2C1)c1ccc2ncsc2c1. The minimum atomic E-state index is -0.0181.